The van der Waals surface area contributed by atoms with Crippen LogP contribution in [0, 0.1) is 0 Å². The molecule has 2 aromatic carbocycles. The van der Waals surface area contributed by atoms with Crippen molar-refractivity contribution >= 4 is 60.9 Å². The summed E-state index contributed by atoms with van der Waals surface area (Å²) < 4.78 is 33.8. The first-order valence-electron chi connectivity index (χ1n) is 13.3. The fourth-order valence-corrected chi connectivity index (χ4v) is 5.72. The first-order valence-corrected chi connectivity index (χ1v) is 15.6. The molecule has 2 heterocycles. The Morgan fingerprint density at radius 3 is 2.32 bits per heavy atom. The zero-order valence-electron chi connectivity index (χ0n) is 23.8. The Bertz CT molecular complexity index is 1470. The molecule has 0 unspecified atom stereocenters. The van der Waals surface area contributed by atoms with Gasteiger partial charge in [-0.1, -0.05) is 6.07 Å². The second kappa shape index (κ2) is 12.6. The van der Waals surface area contributed by atoms with E-state index in [1.54, 1.807) is 49.2 Å². The van der Waals surface area contributed by atoms with Gasteiger partial charge in [0, 0.05) is 55.5 Å². The van der Waals surface area contributed by atoms with Gasteiger partial charge in [-0.15, -0.1) is 0 Å². The molecule has 220 valence electrons. The molecule has 1 amide bonds. The van der Waals surface area contributed by atoms with Crippen molar-refractivity contribution in [3.63, 3.8) is 0 Å². The number of rotatable bonds is 8. The molecular formula is C28H36BrN7O4S. The SMILES string of the molecule is CC(C)NS(=O)(=O)c1cccc(Nc2nc(Nc3ccc(N4CCN(C(=O)OC(C)(C)C)CC4)cc3)ncc2Br)c1. The molecule has 4 rings (SSSR count). The van der Waals surface area contributed by atoms with Crippen molar-refractivity contribution in [2.75, 3.05) is 41.7 Å². The van der Waals surface area contributed by atoms with Crippen LogP contribution in [0.4, 0.5) is 33.6 Å². The molecule has 1 aromatic heterocycles. The van der Waals surface area contributed by atoms with Gasteiger partial charge in [0.15, 0.2) is 0 Å². The molecule has 1 aliphatic heterocycles. The number of sulfonamides is 1. The Morgan fingerprint density at radius 1 is 1.00 bits per heavy atom. The van der Waals surface area contributed by atoms with Gasteiger partial charge in [0.05, 0.1) is 9.37 Å². The molecule has 0 spiro atoms. The van der Waals surface area contributed by atoms with Crippen LogP contribution >= 0.6 is 15.9 Å². The van der Waals surface area contributed by atoms with E-state index in [9.17, 15) is 13.2 Å². The standard InChI is InChI=1S/C28H36BrN7O4S/c1-19(2)34-41(38,39)23-8-6-7-21(17-23)31-25-24(29)18-30-26(33-25)32-20-9-11-22(12-10-20)35-13-15-36(16-14-35)27(37)40-28(3,4)5/h6-12,17-19,34H,13-16H2,1-5H3,(H2,30,31,32,33). The third-order valence-electron chi connectivity index (χ3n) is 5.96. The summed E-state index contributed by atoms with van der Waals surface area (Å²) in [6, 6.07) is 14.2. The second-order valence-electron chi connectivity index (χ2n) is 10.9. The number of hydrogen-bond acceptors (Lipinski definition) is 9. The first kappa shape index (κ1) is 30.5. The summed E-state index contributed by atoms with van der Waals surface area (Å²) in [6.07, 6.45) is 1.35. The number of nitrogens with one attached hydrogen (secondary N) is 3. The highest BCUT2D eigenvalue weighted by Crippen LogP contribution is 2.27. The van der Waals surface area contributed by atoms with Gasteiger partial charge in [0.2, 0.25) is 16.0 Å². The van der Waals surface area contributed by atoms with Gasteiger partial charge in [-0.3, -0.25) is 0 Å². The molecule has 41 heavy (non-hydrogen) atoms. The molecule has 0 aliphatic carbocycles. The summed E-state index contributed by atoms with van der Waals surface area (Å²) in [5.41, 5.74) is 1.92. The first-order chi connectivity index (χ1) is 19.3. The molecule has 3 aromatic rings. The van der Waals surface area contributed by atoms with Crippen molar-refractivity contribution in [3.8, 4) is 0 Å². The average molecular weight is 647 g/mol. The molecule has 3 N–H and O–H groups in total. The highest BCUT2D eigenvalue weighted by Gasteiger charge is 2.26. The van der Waals surface area contributed by atoms with E-state index in [-0.39, 0.29) is 17.0 Å². The molecule has 1 fully saturated rings. The number of carbonyl (C=O) groups excluding carboxylic acids is 1. The maximum Gasteiger partial charge on any atom is 0.410 e. The van der Waals surface area contributed by atoms with Crippen LogP contribution in [0.5, 0.6) is 0 Å². The van der Waals surface area contributed by atoms with Gasteiger partial charge in [-0.05, 0) is 93.0 Å². The molecule has 1 aliphatic rings. The Morgan fingerprint density at radius 2 is 1.68 bits per heavy atom. The quantitative estimate of drug-likeness (QED) is 0.292. The number of nitrogens with zero attached hydrogens (tertiary/aromatic N) is 4. The van der Waals surface area contributed by atoms with E-state index >= 15 is 0 Å². The highest BCUT2D eigenvalue weighted by atomic mass is 79.9. The summed E-state index contributed by atoms with van der Waals surface area (Å²) in [7, 11) is -3.63. The van der Waals surface area contributed by atoms with E-state index in [2.05, 4.69) is 46.2 Å². The van der Waals surface area contributed by atoms with Crippen molar-refractivity contribution in [1.29, 1.82) is 0 Å². The summed E-state index contributed by atoms with van der Waals surface area (Å²) in [6.45, 7) is 11.8. The monoisotopic (exact) mass is 645 g/mol. The van der Waals surface area contributed by atoms with Gasteiger partial charge < -0.3 is 25.2 Å². The van der Waals surface area contributed by atoms with E-state index < -0.39 is 15.6 Å². The molecule has 13 heteroatoms. The van der Waals surface area contributed by atoms with E-state index in [1.165, 1.54) is 0 Å². The predicted molar refractivity (Wildman–Crippen MR) is 165 cm³/mol. The maximum absolute atomic E-state index is 12.6. The minimum atomic E-state index is -3.63. The topological polar surface area (TPSA) is 129 Å². The Kier molecular flexibility index (Phi) is 9.40. The van der Waals surface area contributed by atoms with Crippen molar-refractivity contribution in [2.45, 2.75) is 51.2 Å². The largest absolute Gasteiger partial charge is 0.444 e. The molecule has 0 atom stereocenters. The minimum absolute atomic E-state index is 0.158. The lowest BCUT2D eigenvalue weighted by atomic mass is 10.2. The second-order valence-corrected chi connectivity index (χ2v) is 13.5. The van der Waals surface area contributed by atoms with Crippen LogP contribution in [0.25, 0.3) is 0 Å². The fraction of sp³-hybridized carbons (Fsp3) is 0.393. The molecular weight excluding hydrogens is 610 g/mol. The summed E-state index contributed by atoms with van der Waals surface area (Å²) >= 11 is 3.46. The van der Waals surface area contributed by atoms with E-state index in [0.717, 1.165) is 11.4 Å². The molecule has 0 saturated carbocycles. The number of benzene rings is 2. The van der Waals surface area contributed by atoms with Crippen LogP contribution in [0.1, 0.15) is 34.6 Å². The number of ether oxygens (including phenoxy) is 1. The molecule has 0 bridgehead atoms. The summed E-state index contributed by atoms with van der Waals surface area (Å²) in [5, 5.41) is 6.38. The number of amides is 1. The number of hydrogen-bond donors (Lipinski definition) is 3. The lowest BCUT2D eigenvalue weighted by Crippen LogP contribution is -2.50. The third-order valence-corrected chi connectivity index (χ3v) is 8.20. The number of aromatic nitrogens is 2. The van der Waals surface area contributed by atoms with Crippen molar-refractivity contribution in [2.24, 2.45) is 0 Å². The summed E-state index contributed by atoms with van der Waals surface area (Å²) in [5.74, 6) is 0.855. The van der Waals surface area contributed by atoms with Crippen molar-refractivity contribution < 1.29 is 17.9 Å². The zero-order valence-corrected chi connectivity index (χ0v) is 26.2. The van der Waals surface area contributed by atoms with Crippen LogP contribution in [-0.4, -0.2) is 67.2 Å². The van der Waals surface area contributed by atoms with Crippen LogP contribution in [0.15, 0.2) is 64.1 Å². The Hall–Kier alpha value is -3.42. The summed E-state index contributed by atoms with van der Waals surface area (Å²) in [4.78, 5) is 25.4. The maximum atomic E-state index is 12.6. The fourth-order valence-electron chi connectivity index (χ4n) is 4.13. The zero-order chi connectivity index (χ0) is 29.8. The van der Waals surface area contributed by atoms with Gasteiger partial charge in [0.1, 0.15) is 11.4 Å². The third kappa shape index (κ3) is 8.54. The molecule has 0 radical (unpaired) electrons. The van der Waals surface area contributed by atoms with E-state index in [4.69, 9.17) is 4.74 Å². The lowest BCUT2D eigenvalue weighted by Gasteiger charge is -2.36. The van der Waals surface area contributed by atoms with Crippen LogP contribution in [0.3, 0.4) is 0 Å². The van der Waals surface area contributed by atoms with Gasteiger partial charge in [-0.2, -0.15) is 4.98 Å². The van der Waals surface area contributed by atoms with Crippen molar-refractivity contribution in [3.05, 3.63) is 59.2 Å². The number of anilines is 5. The van der Waals surface area contributed by atoms with Crippen molar-refractivity contribution in [1.82, 2.24) is 19.6 Å². The van der Waals surface area contributed by atoms with Crippen LogP contribution in [0.2, 0.25) is 0 Å². The van der Waals surface area contributed by atoms with Gasteiger partial charge >= 0.3 is 6.09 Å². The average Bonchev–Trinajstić information content (AvgIpc) is 2.90. The smallest absolute Gasteiger partial charge is 0.410 e. The lowest BCUT2D eigenvalue weighted by molar-refractivity contribution is 0.0240. The van der Waals surface area contributed by atoms with E-state index in [1.807, 2.05) is 45.0 Å². The Balaban J connectivity index is 1.38. The molecule has 11 nitrogen and oxygen atoms in total. The van der Waals surface area contributed by atoms with Crippen LogP contribution < -0.4 is 20.3 Å². The van der Waals surface area contributed by atoms with Crippen LogP contribution in [-0.2, 0) is 14.8 Å². The predicted octanol–water partition coefficient (Wildman–Crippen LogP) is 5.47. The normalized spacial score (nSPS) is 14.2. The van der Waals surface area contributed by atoms with Gasteiger partial charge in [-0.25, -0.2) is 22.9 Å². The highest BCUT2D eigenvalue weighted by molar-refractivity contribution is 9.10. The molecule has 1 saturated heterocycles. The number of halogens is 1. The van der Waals surface area contributed by atoms with E-state index in [0.29, 0.717) is 48.1 Å². The number of piperazine rings is 1. The number of carbonyl (C=O) groups is 1. The minimum Gasteiger partial charge on any atom is -0.444 e. The van der Waals surface area contributed by atoms with Gasteiger partial charge in [0.25, 0.3) is 0 Å². The Labute approximate surface area is 249 Å².